The normalized spacial score (nSPS) is 14.7. The average Bonchev–Trinajstić information content (AvgIpc) is 2.43. The summed E-state index contributed by atoms with van der Waals surface area (Å²) in [5.41, 5.74) is 4.73. The predicted molar refractivity (Wildman–Crippen MR) is 105 cm³/mol. The minimum Gasteiger partial charge on any atom is -0.242 e. The Bertz CT molecular complexity index is 561. The molecule has 0 aliphatic carbocycles. The highest BCUT2D eigenvalue weighted by atomic mass is 32.2. The molecule has 2 atom stereocenters. The second kappa shape index (κ2) is 8.82. The topological polar surface area (TPSA) is 29.1 Å². The van der Waals surface area contributed by atoms with Gasteiger partial charge in [0, 0.05) is 12.5 Å². The Morgan fingerprint density at radius 2 is 1.78 bits per heavy atom. The molecule has 0 radical (unpaired) electrons. The molecule has 0 spiro atoms. The number of nitrogens with one attached hydrogen (secondary N) is 1. The molecule has 0 bridgehead atoms. The zero-order valence-corrected chi connectivity index (χ0v) is 17.2. The third kappa shape index (κ3) is 9.10. The molecule has 0 fully saturated rings. The molecule has 1 unspecified atom stereocenters. The maximum absolute atomic E-state index is 12.4. The minimum absolute atomic E-state index is 0.166. The van der Waals surface area contributed by atoms with Crippen molar-refractivity contribution in [2.45, 2.75) is 70.5 Å². The molecule has 4 heteroatoms. The molecule has 0 aliphatic heterocycles. The summed E-state index contributed by atoms with van der Waals surface area (Å²) in [5, 5.41) is 0. The molecule has 0 saturated heterocycles. The summed E-state index contributed by atoms with van der Waals surface area (Å²) < 4.78 is 15.5. The summed E-state index contributed by atoms with van der Waals surface area (Å²) in [7, 11) is -2.41. The summed E-state index contributed by atoms with van der Waals surface area (Å²) in [4.78, 5) is 0. The van der Waals surface area contributed by atoms with E-state index in [9.17, 15) is 4.21 Å². The van der Waals surface area contributed by atoms with Gasteiger partial charge < -0.3 is 0 Å². The van der Waals surface area contributed by atoms with Crippen LogP contribution in [0.25, 0.3) is 0 Å². The molecule has 2 nitrogen and oxygen atoms in total. The van der Waals surface area contributed by atoms with Crippen molar-refractivity contribution >= 4 is 19.1 Å². The van der Waals surface area contributed by atoms with Gasteiger partial charge in [0.05, 0.1) is 15.7 Å². The quantitative estimate of drug-likeness (QED) is 0.602. The molecule has 0 amide bonds. The zero-order valence-electron chi connectivity index (χ0n) is 15.4. The second-order valence-corrected chi connectivity index (χ2v) is 14.7. The Kier molecular flexibility index (Phi) is 7.73. The first kappa shape index (κ1) is 20.2. The third-order valence-corrected chi connectivity index (χ3v) is 5.85. The van der Waals surface area contributed by atoms with Gasteiger partial charge in [-0.15, -0.1) is 11.5 Å². The lowest BCUT2D eigenvalue weighted by atomic mass is 10.0. The Morgan fingerprint density at radius 1 is 1.17 bits per heavy atom. The van der Waals surface area contributed by atoms with Crippen LogP contribution in [0, 0.1) is 11.5 Å². The van der Waals surface area contributed by atoms with Crippen molar-refractivity contribution in [3.05, 3.63) is 35.9 Å². The van der Waals surface area contributed by atoms with E-state index in [4.69, 9.17) is 0 Å². The molecule has 1 N–H and O–H groups in total. The minimum atomic E-state index is -1.35. The highest BCUT2D eigenvalue weighted by Gasteiger charge is 2.22. The molecule has 1 aromatic rings. The van der Waals surface area contributed by atoms with E-state index in [2.05, 4.69) is 60.1 Å². The van der Waals surface area contributed by atoms with Gasteiger partial charge in [0.1, 0.15) is 8.07 Å². The standard InChI is InChI=1S/C19H31NOSSi/c1-19(2,3)22(21)20-18(13-10-16-23(4,5)6)15-14-17-11-8-7-9-12-17/h7-9,11-12,18,20H,13-15H2,1-6H3/t18-,22?/m0/s1. The lowest BCUT2D eigenvalue weighted by molar-refractivity contribution is 0.559. The Hall–Kier alpha value is -0.893. The first-order valence-electron chi connectivity index (χ1n) is 8.30. The largest absolute Gasteiger partial charge is 0.242 e. The fraction of sp³-hybridized carbons (Fsp3) is 0.579. The van der Waals surface area contributed by atoms with E-state index in [1.165, 1.54) is 5.56 Å². The summed E-state index contributed by atoms with van der Waals surface area (Å²) in [6.07, 6.45) is 2.69. The number of aryl methyl sites for hydroxylation is 1. The van der Waals surface area contributed by atoms with Crippen LogP contribution in [0.3, 0.4) is 0 Å². The molecule has 1 aromatic carbocycles. The molecule has 0 saturated carbocycles. The number of hydrogen-bond donors (Lipinski definition) is 1. The highest BCUT2D eigenvalue weighted by molar-refractivity contribution is 7.84. The van der Waals surface area contributed by atoms with Gasteiger partial charge in [-0.3, -0.25) is 0 Å². The van der Waals surface area contributed by atoms with Gasteiger partial charge in [0.25, 0.3) is 0 Å². The Morgan fingerprint density at radius 3 is 2.30 bits per heavy atom. The lowest BCUT2D eigenvalue weighted by Gasteiger charge is -2.23. The van der Waals surface area contributed by atoms with Crippen molar-refractivity contribution in [3.8, 4) is 11.5 Å². The SMILES string of the molecule is CC(C)(C)S(=O)N[C@@H](CC#C[Si](C)(C)C)CCc1ccccc1. The molecule has 128 valence electrons. The Labute approximate surface area is 146 Å². The van der Waals surface area contributed by atoms with Crippen molar-refractivity contribution in [1.82, 2.24) is 4.72 Å². The number of benzene rings is 1. The van der Waals surface area contributed by atoms with Crippen molar-refractivity contribution in [3.63, 3.8) is 0 Å². The monoisotopic (exact) mass is 349 g/mol. The summed E-state index contributed by atoms with van der Waals surface area (Å²) in [5.74, 6) is 3.33. The highest BCUT2D eigenvalue weighted by Crippen LogP contribution is 2.13. The first-order valence-corrected chi connectivity index (χ1v) is 12.9. The molecule has 23 heavy (non-hydrogen) atoms. The number of hydrogen-bond acceptors (Lipinski definition) is 1. The summed E-state index contributed by atoms with van der Waals surface area (Å²) in [6, 6.07) is 10.6. The van der Waals surface area contributed by atoms with E-state index in [0.717, 1.165) is 19.3 Å². The lowest BCUT2D eigenvalue weighted by Crippen LogP contribution is -2.40. The van der Waals surface area contributed by atoms with Crippen LogP contribution in [0.2, 0.25) is 19.6 Å². The fourth-order valence-electron chi connectivity index (χ4n) is 1.96. The molecule has 0 heterocycles. The smallest absolute Gasteiger partial charge is 0.129 e. The van der Waals surface area contributed by atoms with Crippen LogP contribution in [0.1, 0.15) is 39.2 Å². The van der Waals surface area contributed by atoms with E-state index in [1.807, 2.05) is 26.8 Å². The van der Waals surface area contributed by atoms with Crippen molar-refractivity contribution in [2.24, 2.45) is 0 Å². The van der Waals surface area contributed by atoms with Crippen LogP contribution in [0.5, 0.6) is 0 Å². The third-order valence-electron chi connectivity index (χ3n) is 3.27. The molecular weight excluding hydrogens is 318 g/mol. The number of rotatable bonds is 6. The van der Waals surface area contributed by atoms with Gasteiger partial charge >= 0.3 is 0 Å². The fourth-order valence-corrected chi connectivity index (χ4v) is 3.45. The van der Waals surface area contributed by atoms with Gasteiger partial charge in [0.2, 0.25) is 0 Å². The van der Waals surface area contributed by atoms with Gasteiger partial charge in [-0.1, -0.05) is 50.0 Å². The van der Waals surface area contributed by atoms with E-state index < -0.39 is 19.1 Å². The maximum atomic E-state index is 12.4. The summed E-state index contributed by atoms with van der Waals surface area (Å²) >= 11 is 0. The van der Waals surface area contributed by atoms with Crippen LogP contribution < -0.4 is 4.72 Å². The van der Waals surface area contributed by atoms with Crippen LogP contribution in [-0.2, 0) is 17.4 Å². The van der Waals surface area contributed by atoms with Crippen LogP contribution in [-0.4, -0.2) is 23.1 Å². The first-order chi connectivity index (χ1) is 10.6. The van der Waals surface area contributed by atoms with Crippen molar-refractivity contribution in [2.75, 3.05) is 0 Å². The van der Waals surface area contributed by atoms with E-state index in [-0.39, 0.29) is 10.8 Å². The van der Waals surface area contributed by atoms with Crippen LogP contribution >= 0.6 is 0 Å². The summed E-state index contributed by atoms with van der Waals surface area (Å²) in [6.45, 7) is 12.7. The molecule has 0 aromatic heterocycles. The zero-order chi connectivity index (χ0) is 17.5. The van der Waals surface area contributed by atoms with E-state index in [0.29, 0.717) is 0 Å². The van der Waals surface area contributed by atoms with E-state index >= 15 is 0 Å². The van der Waals surface area contributed by atoms with Gasteiger partial charge in [-0.05, 0) is 39.2 Å². The van der Waals surface area contributed by atoms with Crippen LogP contribution in [0.15, 0.2) is 30.3 Å². The Balaban J connectivity index is 2.71. The molecular formula is C19H31NOSSi. The molecule has 0 aliphatic rings. The van der Waals surface area contributed by atoms with Gasteiger partial charge in [-0.2, -0.15) is 0 Å². The average molecular weight is 350 g/mol. The van der Waals surface area contributed by atoms with Crippen molar-refractivity contribution in [1.29, 1.82) is 0 Å². The van der Waals surface area contributed by atoms with E-state index in [1.54, 1.807) is 0 Å². The maximum Gasteiger partial charge on any atom is 0.129 e. The predicted octanol–water partition coefficient (Wildman–Crippen LogP) is 4.31. The van der Waals surface area contributed by atoms with Gasteiger partial charge in [-0.25, -0.2) is 8.93 Å². The van der Waals surface area contributed by atoms with Crippen molar-refractivity contribution < 1.29 is 4.21 Å². The second-order valence-electron chi connectivity index (χ2n) is 7.98. The molecule has 1 rings (SSSR count). The van der Waals surface area contributed by atoms with Gasteiger partial charge in [0.15, 0.2) is 0 Å². The van der Waals surface area contributed by atoms with Crippen LogP contribution in [0.4, 0.5) is 0 Å².